The molecule has 0 aromatic heterocycles. The second-order valence-corrected chi connectivity index (χ2v) is 18.0. The summed E-state index contributed by atoms with van der Waals surface area (Å²) in [6.07, 6.45) is 0. The molecule has 0 nitrogen and oxygen atoms in total. The predicted octanol–water partition coefficient (Wildman–Crippen LogP) is 5.68. The van der Waals surface area contributed by atoms with E-state index < -0.39 is 18.8 Å². The van der Waals surface area contributed by atoms with Gasteiger partial charge in [0.15, 0.2) is 0 Å². The Morgan fingerprint density at radius 1 is 0.310 bits per heavy atom. The van der Waals surface area contributed by atoms with Gasteiger partial charge < -0.3 is 0 Å². The zero-order chi connectivity index (χ0) is 20.4. The summed E-state index contributed by atoms with van der Waals surface area (Å²) in [4.78, 5) is 0. The first-order valence-corrected chi connectivity index (χ1v) is 15.6. The van der Waals surface area contributed by atoms with Crippen LogP contribution < -0.4 is 14.0 Å². The van der Waals surface area contributed by atoms with Gasteiger partial charge in [-0.15, -0.1) is 0 Å². The zero-order valence-corrected chi connectivity index (χ0v) is 20.8. The molecule has 4 rings (SSSR count). The predicted molar refractivity (Wildman–Crippen MR) is 130 cm³/mol. The maximum atomic E-state index is 6.23. The molecule has 29 heavy (non-hydrogen) atoms. The number of benzene rings is 4. The van der Waals surface area contributed by atoms with E-state index in [9.17, 15) is 0 Å². The fourth-order valence-electron chi connectivity index (χ4n) is 3.55. The first kappa shape index (κ1) is 21.1. The molecule has 0 atom stereocenters. The number of rotatable bonds is 4. The molecule has 0 amide bonds. The molecule has 4 aromatic carbocycles. The molecule has 145 valence electrons. The van der Waals surface area contributed by atoms with Crippen molar-refractivity contribution in [2.75, 3.05) is 0 Å². The first-order valence-electron chi connectivity index (χ1n) is 8.94. The van der Waals surface area contributed by atoms with E-state index in [4.69, 9.17) is 46.4 Å². The Morgan fingerprint density at radius 2 is 0.483 bits per heavy atom. The summed E-state index contributed by atoms with van der Waals surface area (Å²) in [6, 6.07) is 32.8. The minimum absolute atomic E-state index is 0.718. The van der Waals surface area contributed by atoms with Crippen LogP contribution in [0.2, 0.25) is 20.1 Å². The minimum atomic E-state index is -3.52. The first-order chi connectivity index (χ1) is 14.0. The summed E-state index contributed by atoms with van der Waals surface area (Å²) in [5.74, 6) is 0. The van der Waals surface area contributed by atoms with Crippen LogP contribution >= 0.6 is 46.4 Å². The van der Waals surface area contributed by atoms with Gasteiger partial charge in [0.25, 0.3) is 0 Å². The summed E-state index contributed by atoms with van der Waals surface area (Å²) in [7, 11) is 0. The second-order valence-electron chi connectivity index (χ2n) is 6.58. The molecular formula is C24H16Cl4Sb. The molecule has 0 heterocycles. The van der Waals surface area contributed by atoms with E-state index in [0.29, 0.717) is 0 Å². The Morgan fingerprint density at radius 3 is 0.655 bits per heavy atom. The molecular weight excluding hydrogens is 552 g/mol. The van der Waals surface area contributed by atoms with Crippen LogP contribution in [0.1, 0.15) is 0 Å². The molecule has 5 heteroatoms. The quantitative estimate of drug-likeness (QED) is 0.279. The zero-order valence-electron chi connectivity index (χ0n) is 15.2. The molecule has 0 saturated carbocycles. The molecule has 0 N–H and O–H groups in total. The van der Waals surface area contributed by atoms with Crippen LogP contribution in [0.25, 0.3) is 0 Å². The molecule has 1 radical (unpaired) electrons. The van der Waals surface area contributed by atoms with Gasteiger partial charge in [-0.1, -0.05) is 0 Å². The van der Waals surface area contributed by atoms with E-state index in [-0.39, 0.29) is 0 Å². The summed E-state index contributed by atoms with van der Waals surface area (Å²) in [6.45, 7) is 0. The Balaban J connectivity index is 2.11. The molecule has 0 aliphatic rings. The van der Waals surface area contributed by atoms with Gasteiger partial charge in [0, 0.05) is 0 Å². The van der Waals surface area contributed by atoms with Crippen LogP contribution in [0.15, 0.2) is 97.1 Å². The molecule has 0 bridgehead atoms. The maximum absolute atomic E-state index is 6.23. The van der Waals surface area contributed by atoms with Crippen molar-refractivity contribution < 1.29 is 0 Å². The third-order valence-corrected chi connectivity index (χ3v) is 18.1. The second kappa shape index (κ2) is 8.92. The number of hydrogen-bond donors (Lipinski definition) is 0. The average molecular weight is 568 g/mol. The monoisotopic (exact) mass is 565 g/mol. The Kier molecular flexibility index (Phi) is 6.49. The molecule has 0 unspecified atom stereocenters. The van der Waals surface area contributed by atoms with Crippen LogP contribution in [0, 0.1) is 0 Å². The van der Waals surface area contributed by atoms with Crippen LogP contribution in [0.5, 0.6) is 0 Å². The Labute approximate surface area is 195 Å². The molecule has 4 aromatic rings. The Bertz CT molecular complexity index is 916. The van der Waals surface area contributed by atoms with E-state index in [1.807, 2.05) is 48.5 Å². The summed E-state index contributed by atoms with van der Waals surface area (Å²) >= 11 is 21.4. The van der Waals surface area contributed by atoms with Crippen molar-refractivity contribution in [3.8, 4) is 0 Å². The molecule has 0 fully saturated rings. The van der Waals surface area contributed by atoms with E-state index in [1.54, 1.807) is 0 Å². The van der Waals surface area contributed by atoms with Crippen molar-refractivity contribution in [3.63, 3.8) is 0 Å². The van der Waals surface area contributed by atoms with Gasteiger partial charge in [0.2, 0.25) is 0 Å². The average Bonchev–Trinajstić information content (AvgIpc) is 2.73. The Hall–Kier alpha value is -1.14. The van der Waals surface area contributed by atoms with E-state index >= 15 is 0 Å². The molecule has 0 aliphatic carbocycles. The van der Waals surface area contributed by atoms with E-state index in [2.05, 4.69) is 48.5 Å². The summed E-state index contributed by atoms with van der Waals surface area (Å²) in [5.41, 5.74) is 0. The van der Waals surface area contributed by atoms with Crippen LogP contribution in [0.4, 0.5) is 0 Å². The fourth-order valence-corrected chi connectivity index (χ4v) is 16.0. The third kappa shape index (κ3) is 4.20. The van der Waals surface area contributed by atoms with Gasteiger partial charge in [-0.2, -0.15) is 0 Å². The molecule has 0 aliphatic heterocycles. The van der Waals surface area contributed by atoms with Crippen molar-refractivity contribution in [3.05, 3.63) is 117 Å². The summed E-state index contributed by atoms with van der Waals surface area (Å²) < 4.78 is 5.11. The van der Waals surface area contributed by atoms with Gasteiger partial charge in [-0.3, -0.25) is 0 Å². The third-order valence-electron chi connectivity index (χ3n) is 4.86. The summed E-state index contributed by atoms with van der Waals surface area (Å²) in [5, 5.41) is 2.87. The van der Waals surface area contributed by atoms with Crippen LogP contribution in [-0.4, -0.2) is 18.8 Å². The van der Waals surface area contributed by atoms with Crippen molar-refractivity contribution in [2.24, 2.45) is 0 Å². The van der Waals surface area contributed by atoms with Crippen molar-refractivity contribution in [1.82, 2.24) is 0 Å². The molecule has 0 spiro atoms. The van der Waals surface area contributed by atoms with Crippen molar-refractivity contribution in [2.45, 2.75) is 0 Å². The van der Waals surface area contributed by atoms with Gasteiger partial charge in [0.1, 0.15) is 0 Å². The van der Waals surface area contributed by atoms with Gasteiger partial charge in [-0.05, 0) is 0 Å². The van der Waals surface area contributed by atoms with Gasteiger partial charge >= 0.3 is 196 Å². The van der Waals surface area contributed by atoms with Crippen molar-refractivity contribution in [1.29, 1.82) is 0 Å². The van der Waals surface area contributed by atoms with Crippen molar-refractivity contribution >= 4 is 79.2 Å². The SMILES string of the molecule is Clc1cc[c]([Sb]([c]2ccc(Cl)cc2)([c]2ccc(Cl)cc2)[c]2ccc(Cl)cc2)cc1. The van der Waals surface area contributed by atoms with E-state index in [0.717, 1.165) is 20.1 Å². The topological polar surface area (TPSA) is 0 Å². The fraction of sp³-hybridized carbons (Fsp3) is 0. The standard InChI is InChI=1S/4C6H4Cl.Sb/c4*7-6-4-2-1-3-5-6;/h4*2-5H;. The normalized spacial score (nSPS) is 11.4. The van der Waals surface area contributed by atoms with Gasteiger partial charge in [0.05, 0.1) is 0 Å². The van der Waals surface area contributed by atoms with Crippen LogP contribution in [0.3, 0.4) is 0 Å². The molecule has 0 saturated heterocycles. The number of halogens is 4. The van der Waals surface area contributed by atoms with Crippen LogP contribution in [-0.2, 0) is 0 Å². The van der Waals surface area contributed by atoms with Gasteiger partial charge in [-0.25, -0.2) is 0 Å². The van der Waals surface area contributed by atoms with E-state index in [1.165, 1.54) is 14.0 Å². The number of hydrogen-bond acceptors (Lipinski definition) is 0.